The quantitative estimate of drug-likeness (QED) is 0.0842. The Bertz CT molecular complexity index is 2250. The van der Waals surface area contributed by atoms with E-state index in [0.717, 1.165) is 82.0 Å². The molecule has 3 aromatic heterocycles. The molecule has 285 valence electrons. The maximum Gasteiger partial charge on any atom is 0.164 e. The second-order valence-corrected chi connectivity index (χ2v) is 16.5. The van der Waals surface area contributed by atoms with Crippen LogP contribution < -0.4 is 0 Å². The molecule has 0 aliphatic heterocycles. The van der Waals surface area contributed by atoms with Crippen molar-refractivity contribution in [2.24, 2.45) is 16.7 Å². The summed E-state index contributed by atoms with van der Waals surface area (Å²) in [7, 11) is 0. The van der Waals surface area contributed by atoms with E-state index < -0.39 is 0 Å². The summed E-state index contributed by atoms with van der Waals surface area (Å²) in [4.78, 5) is 17.0. The van der Waals surface area contributed by atoms with E-state index >= 15 is 0 Å². The number of aliphatic hydroxyl groups is 1. The zero-order valence-electron chi connectivity index (χ0n) is 33.8. The van der Waals surface area contributed by atoms with Crippen molar-refractivity contribution in [2.45, 2.75) is 121 Å². The minimum absolute atomic E-state index is 0. The van der Waals surface area contributed by atoms with E-state index in [0.29, 0.717) is 5.92 Å². The third-order valence-corrected chi connectivity index (χ3v) is 11.6. The van der Waals surface area contributed by atoms with Gasteiger partial charge in [0, 0.05) is 76.7 Å². The van der Waals surface area contributed by atoms with Crippen LogP contribution in [0.15, 0.2) is 75.4 Å². The van der Waals surface area contributed by atoms with E-state index in [1.54, 1.807) is 0 Å². The molecule has 0 spiro atoms. The Morgan fingerprint density at radius 1 is 0.830 bits per heavy atom. The van der Waals surface area contributed by atoms with Gasteiger partial charge in [-0.05, 0) is 62.5 Å². The molecule has 0 atom stereocenters. The van der Waals surface area contributed by atoms with E-state index in [4.69, 9.17) is 13.8 Å². The van der Waals surface area contributed by atoms with Crippen LogP contribution in [-0.4, -0.2) is 15.9 Å². The topological polar surface area (TPSA) is 76.5 Å². The molecule has 0 saturated carbocycles. The van der Waals surface area contributed by atoms with Gasteiger partial charge in [0.05, 0.1) is 0 Å². The normalized spacial score (nSPS) is 12.8. The predicted octanol–water partition coefficient (Wildman–Crippen LogP) is 13.8. The molecule has 3 heterocycles. The Morgan fingerprint density at radius 2 is 1.45 bits per heavy atom. The van der Waals surface area contributed by atoms with Gasteiger partial charge in [-0.1, -0.05) is 105 Å². The van der Waals surface area contributed by atoms with Gasteiger partial charge in [-0.2, -0.15) is 0 Å². The first-order valence-electron chi connectivity index (χ1n) is 19.1. The number of pyridine rings is 1. The summed E-state index contributed by atoms with van der Waals surface area (Å²) in [6.45, 7) is 25.4. The van der Waals surface area contributed by atoms with Crippen LogP contribution in [0.2, 0.25) is 0 Å². The molecule has 0 bridgehead atoms. The number of furan rings is 2. The summed E-state index contributed by atoms with van der Waals surface area (Å²) in [5.74, 6) is 1.84. The molecule has 3 aromatic carbocycles. The maximum atomic E-state index is 12.2. The molecular weight excluding hydrogens is 835 g/mol. The summed E-state index contributed by atoms with van der Waals surface area (Å²) in [5.41, 5.74) is 6.23. The molecule has 0 unspecified atom stereocenters. The number of rotatable bonds is 10. The van der Waals surface area contributed by atoms with Crippen LogP contribution in [0, 0.1) is 29.7 Å². The zero-order chi connectivity index (χ0) is 38.2. The number of nitrogens with zero attached hydrogens (tertiary/aromatic N) is 1. The van der Waals surface area contributed by atoms with Gasteiger partial charge in [-0.15, -0.1) is 29.1 Å². The van der Waals surface area contributed by atoms with Gasteiger partial charge in [0.2, 0.25) is 0 Å². The maximum absolute atomic E-state index is 12.2. The monoisotopic (exact) mass is 893 g/mol. The third-order valence-electron chi connectivity index (χ3n) is 11.6. The molecule has 0 aliphatic carbocycles. The van der Waals surface area contributed by atoms with Crippen LogP contribution >= 0.6 is 0 Å². The smallest absolute Gasteiger partial charge is 0.164 e. The second-order valence-electron chi connectivity index (χ2n) is 16.5. The summed E-state index contributed by atoms with van der Waals surface area (Å²) in [6, 6.07) is 20.6. The standard InChI is InChI=1S/C32H30NO2.C15H28O2.Ir/c1-18(2)13-24-19(3)34-28-17-29-25(16-26(24)28)23-11-12-33-30(31(23)35-29)21-14-20-9-7-8-10-22(20)27(15-21)32(4,5)6;1-7-14(5,8-2)12(16)11-13(17)15(6,9-3)10-4;/h7-12,15-18H,13H2,1-6H3;11,16H,7-10H2,1-6H3;/q-1;;/b;12-11-;. The van der Waals surface area contributed by atoms with Gasteiger partial charge >= 0.3 is 0 Å². The van der Waals surface area contributed by atoms with E-state index in [1.807, 2.05) is 53.8 Å². The molecule has 6 heteroatoms. The molecular formula is C47H58IrNO4-. The number of hydrogen-bond acceptors (Lipinski definition) is 5. The number of allylic oxidation sites excluding steroid dienone is 2. The molecule has 6 rings (SSSR count). The minimum atomic E-state index is -0.337. The number of aromatic nitrogens is 1. The molecule has 0 saturated heterocycles. The van der Waals surface area contributed by atoms with Crippen molar-refractivity contribution >= 4 is 49.5 Å². The third kappa shape index (κ3) is 8.35. The minimum Gasteiger partial charge on any atom is -0.512 e. The van der Waals surface area contributed by atoms with Crippen molar-refractivity contribution in [3.05, 3.63) is 89.5 Å². The molecule has 1 radical (unpaired) electrons. The number of carbonyl (C=O) groups excluding carboxylic acids is 1. The van der Waals surface area contributed by atoms with Crippen molar-refractivity contribution in [3.63, 3.8) is 0 Å². The Balaban J connectivity index is 0.000000299. The molecule has 0 aliphatic rings. The van der Waals surface area contributed by atoms with Gasteiger partial charge < -0.3 is 13.9 Å². The van der Waals surface area contributed by atoms with Crippen molar-refractivity contribution < 1.29 is 38.8 Å². The zero-order valence-corrected chi connectivity index (χ0v) is 36.2. The average Bonchev–Trinajstić information content (AvgIpc) is 3.63. The number of fused-ring (bicyclic) bond motifs is 5. The first-order valence-corrected chi connectivity index (χ1v) is 19.1. The molecule has 53 heavy (non-hydrogen) atoms. The van der Waals surface area contributed by atoms with Crippen LogP contribution in [0.25, 0.3) is 54.9 Å². The van der Waals surface area contributed by atoms with Crippen LogP contribution in [0.4, 0.5) is 0 Å². The van der Waals surface area contributed by atoms with Gasteiger partial charge in [0.25, 0.3) is 0 Å². The van der Waals surface area contributed by atoms with E-state index in [9.17, 15) is 9.90 Å². The Hall–Kier alpha value is -3.73. The second kappa shape index (κ2) is 16.3. The number of aryl methyl sites for hydroxylation is 1. The number of benzene rings is 3. The van der Waals surface area contributed by atoms with Crippen LogP contribution in [0.5, 0.6) is 0 Å². The van der Waals surface area contributed by atoms with Gasteiger partial charge in [0.15, 0.2) is 5.78 Å². The van der Waals surface area contributed by atoms with Crippen molar-refractivity contribution in [1.29, 1.82) is 0 Å². The van der Waals surface area contributed by atoms with Gasteiger partial charge in [-0.25, -0.2) is 0 Å². The Labute approximate surface area is 330 Å². The SMILES string of the molecule is CCC(C)(CC)C(=O)/C=C(\O)C(C)(CC)CC.Cc1oc2cc3oc4c(-c5[c-]c6ccccc6c(C(C)(C)C)c5)nccc4c3cc2c1CC(C)C.[Ir]. The first kappa shape index (κ1) is 42.0. The summed E-state index contributed by atoms with van der Waals surface area (Å²) >= 11 is 0. The predicted molar refractivity (Wildman–Crippen MR) is 218 cm³/mol. The Morgan fingerprint density at radius 3 is 2.06 bits per heavy atom. The average molecular weight is 893 g/mol. The summed E-state index contributed by atoms with van der Waals surface area (Å²) in [5, 5.41) is 15.8. The molecule has 5 nitrogen and oxygen atoms in total. The number of carbonyl (C=O) groups is 1. The van der Waals surface area contributed by atoms with Crippen molar-refractivity contribution in [2.75, 3.05) is 0 Å². The number of hydrogen-bond donors (Lipinski definition) is 1. The van der Waals surface area contributed by atoms with Gasteiger partial charge in [0.1, 0.15) is 28.3 Å². The molecule has 0 fully saturated rings. The fourth-order valence-electron chi connectivity index (χ4n) is 6.98. The fraction of sp³-hybridized carbons (Fsp3) is 0.447. The number of aliphatic hydroxyl groups excluding tert-OH is 1. The van der Waals surface area contributed by atoms with E-state index in [1.165, 1.54) is 28.0 Å². The first-order chi connectivity index (χ1) is 24.5. The van der Waals surface area contributed by atoms with Gasteiger partial charge in [-0.3, -0.25) is 9.78 Å². The van der Waals surface area contributed by atoms with E-state index in [2.05, 4.69) is 90.1 Å². The van der Waals surface area contributed by atoms with E-state index in [-0.39, 0.29) is 47.9 Å². The van der Waals surface area contributed by atoms with Crippen LogP contribution in [0.3, 0.4) is 0 Å². The Kier molecular flexibility index (Phi) is 12.9. The summed E-state index contributed by atoms with van der Waals surface area (Å²) < 4.78 is 12.6. The molecule has 0 amide bonds. The van der Waals surface area contributed by atoms with Crippen molar-refractivity contribution in [1.82, 2.24) is 4.98 Å². The number of ketones is 1. The largest absolute Gasteiger partial charge is 0.512 e. The molecule has 6 aromatic rings. The molecule has 1 N–H and O–H groups in total. The van der Waals surface area contributed by atoms with Crippen LogP contribution in [-0.2, 0) is 36.7 Å². The van der Waals surface area contributed by atoms with Crippen LogP contribution in [0.1, 0.15) is 119 Å². The fourth-order valence-corrected chi connectivity index (χ4v) is 6.98. The van der Waals surface area contributed by atoms with Crippen molar-refractivity contribution in [3.8, 4) is 11.3 Å². The summed E-state index contributed by atoms with van der Waals surface area (Å²) in [6.07, 6.45) is 7.63.